The van der Waals surface area contributed by atoms with Crippen LogP contribution in [0, 0.1) is 0 Å². The second-order valence-corrected chi connectivity index (χ2v) is 8.21. The molecule has 0 radical (unpaired) electrons. The van der Waals surface area contributed by atoms with E-state index in [1.54, 1.807) is 4.90 Å². The number of hydrogen-bond acceptors (Lipinski definition) is 6. The van der Waals surface area contributed by atoms with E-state index in [1.807, 2.05) is 0 Å². The average Bonchev–Trinajstić information content (AvgIpc) is 3.06. The van der Waals surface area contributed by atoms with E-state index in [0.717, 1.165) is 24.9 Å². The summed E-state index contributed by atoms with van der Waals surface area (Å²) in [6, 6.07) is 8.79. The summed E-state index contributed by atoms with van der Waals surface area (Å²) in [5, 5.41) is 0. The van der Waals surface area contributed by atoms with Crippen LogP contribution in [0.2, 0.25) is 0 Å². The highest BCUT2D eigenvalue weighted by Crippen LogP contribution is 2.33. The third-order valence-electron chi connectivity index (χ3n) is 5.83. The zero-order valence-electron chi connectivity index (χ0n) is 17.8. The van der Waals surface area contributed by atoms with Crippen LogP contribution in [0.3, 0.4) is 0 Å². The Labute approximate surface area is 178 Å². The Hall–Kier alpha value is -2.67. The number of hydrogen-bond donors (Lipinski definition) is 1. The summed E-state index contributed by atoms with van der Waals surface area (Å²) in [6.07, 6.45) is 6.13. The van der Waals surface area contributed by atoms with Crippen molar-refractivity contribution in [3.63, 3.8) is 0 Å². The van der Waals surface area contributed by atoms with E-state index in [0.29, 0.717) is 30.4 Å². The van der Waals surface area contributed by atoms with Gasteiger partial charge in [0, 0.05) is 12.1 Å². The smallest absolute Gasteiger partial charge is 0.320 e. The molecular formula is C23H31N5O2. The Morgan fingerprint density at radius 1 is 1.03 bits per heavy atom. The van der Waals surface area contributed by atoms with Crippen molar-refractivity contribution in [3.8, 4) is 6.01 Å². The van der Waals surface area contributed by atoms with Crippen molar-refractivity contribution in [3.05, 3.63) is 41.0 Å². The number of nitrogens with two attached hydrogens (primary N) is 1. The third-order valence-corrected chi connectivity index (χ3v) is 5.83. The van der Waals surface area contributed by atoms with Crippen LogP contribution >= 0.6 is 0 Å². The molecule has 0 unspecified atom stereocenters. The second-order valence-electron chi connectivity index (χ2n) is 8.21. The Bertz CT molecular complexity index is 878. The van der Waals surface area contributed by atoms with Gasteiger partial charge in [0.2, 0.25) is 5.91 Å². The number of carbonyl (C=O) groups excluding carboxylic acids is 1. The molecule has 0 aliphatic carbocycles. The van der Waals surface area contributed by atoms with E-state index in [9.17, 15) is 4.79 Å². The molecular weight excluding hydrogens is 378 g/mol. The fourth-order valence-corrected chi connectivity index (χ4v) is 4.07. The summed E-state index contributed by atoms with van der Waals surface area (Å²) < 4.78 is 5.63. The molecule has 7 nitrogen and oxygen atoms in total. The van der Waals surface area contributed by atoms with Crippen LogP contribution in [-0.4, -0.2) is 40.5 Å². The first kappa shape index (κ1) is 20.6. The van der Waals surface area contributed by atoms with Crippen LogP contribution in [0.15, 0.2) is 24.3 Å². The van der Waals surface area contributed by atoms with Crippen molar-refractivity contribution in [2.45, 2.75) is 58.5 Å². The predicted octanol–water partition coefficient (Wildman–Crippen LogP) is 3.31. The Kier molecular flexibility index (Phi) is 6.47. The molecule has 4 rings (SSSR count). The molecule has 2 aromatic rings. The number of anilines is 2. The van der Waals surface area contributed by atoms with Crippen molar-refractivity contribution in [2.75, 3.05) is 30.3 Å². The molecule has 30 heavy (non-hydrogen) atoms. The molecule has 2 aliphatic heterocycles. The number of aromatic nitrogens is 2. The summed E-state index contributed by atoms with van der Waals surface area (Å²) in [5.74, 6) is 0.907. The number of fused-ring (bicyclic) bond motifs is 1. The monoisotopic (exact) mass is 409 g/mol. The number of benzene rings is 1. The Morgan fingerprint density at radius 2 is 1.73 bits per heavy atom. The van der Waals surface area contributed by atoms with Gasteiger partial charge in [-0.05, 0) is 43.5 Å². The van der Waals surface area contributed by atoms with Gasteiger partial charge in [0.15, 0.2) is 0 Å². The first-order valence-electron chi connectivity index (χ1n) is 11.0. The third kappa shape index (κ3) is 4.73. The fraction of sp³-hybridized carbons (Fsp3) is 0.522. The van der Waals surface area contributed by atoms with Gasteiger partial charge in [-0.2, -0.15) is 9.97 Å². The number of piperidine rings is 1. The number of amides is 1. The molecule has 2 aliphatic rings. The largest absolute Gasteiger partial charge is 0.463 e. The first-order valence-corrected chi connectivity index (χ1v) is 11.0. The van der Waals surface area contributed by atoms with Crippen LogP contribution in [-0.2, 0) is 24.3 Å². The fourth-order valence-electron chi connectivity index (χ4n) is 4.07. The van der Waals surface area contributed by atoms with Gasteiger partial charge in [-0.3, -0.25) is 14.6 Å². The summed E-state index contributed by atoms with van der Waals surface area (Å²) in [7, 11) is 0. The molecule has 1 amide bonds. The highest BCUT2D eigenvalue weighted by Gasteiger charge is 2.32. The van der Waals surface area contributed by atoms with Gasteiger partial charge in [-0.1, -0.05) is 44.0 Å². The Balaban J connectivity index is 1.45. The molecule has 0 atom stereocenters. The minimum absolute atomic E-state index is 0.00546. The molecule has 1 fully saturated rings. The molecule has 0 saturated carbocycles. The topological polar surface area (TPSA) is 84.6 Å². The highest BCUT2D eigenvalue weighted by molar-refractivity contribution is 6.01. The second kappa shape index (κ2) is 9.43. The number of rotatable bonds is 8. The zero-order chi connectivity index (χ0) is 20.9. The van der Waals surface area contributed by atoms with Crippen molar-refractivity contribution in [1.29, 1.82) is 0 Å². The van der Waals surface area contributed by atoms with E-state index < -0.39 is 0 Å². The lowest BCUT2D eigenvalue weighted by atomic mass is 10.1. The molecule has 7 heteroatoms. The molecule has 1 aromatic heterocycles. The summed E-state index contributed by atoms with van der Waals surface area (Å²) in [5.41, 5.74) is 9.17. The van der Waals surface area contributed by atoms with Crippen molar-refractivity contribution in [1.82, 2.24) is 14.9 Å². The van der Waals surface area contributed by atoms with Gasteiger partial charge in [-0.15, -0.1) is 0 Å². The summed E-state index contributed by atoms with van der Waals surface area (Å²) in [6.45, 7) is 6.48. The lowest BCUT2D eigenvalue weighted by Gasteiger charge is -2.26. The molecule has 0 spiro atoms. The van der Waals surface area contributed by atoms with Crippen LogP contribution in [0.5, 0.6) is 6.01 Å². The normalized spacial score (nSPS) is 16.7. The minimum Gasteiger partial charge on any atom is -0.463 e. The molecule has 3 heterocycles. The summed E-state index contributed by atoms with van der Waals surface area (Å²) >= 11 is 0. The number of likely N-dealkylation sites (tertiary alicyclic amines) is 1. The molecule has 0 bridgehead atoms. The number of nitrogens with zero attached hydrogens (tertiary/aromatic N) is 4. The van der Waals surface area contributed by atoms with Gasteiger partial charge in [0.25, 0.3) is 0 Å². The van der Waals surface area contributed by atoms with Crippen LogP contribution in [0.1, 0.15) is 55.7 Å². The number of ether oxygens (including phenoxy) is 1. The highest BCUT2D eigenvalue weighted by atomic mass is 16.5. The van der Waals surface area contributed by atoms with Crippen molar-refractivity contribution >= 4 is 17.5 Å². The lowest BCUT2D eigenvalue weighted by Crippen LogP contribution is -2.29. The predicted molar refractivity (Wildman–Crippen MR) is 117 cm³/mol. The quantitative estimate of drug-likeness (QED) is 0.674. The SMILES string of the molecule is CCCCOc1nc(N)c2c(n1)N(Cc1ccc(CN3CCCCC3)cc1)C(=O)C2. The maximum absolute atomic E-state index is 12.6. The maximum atomic E-state index is 12.6. The van der Waals surface area contributed by atoms with Crippen molar-refractivity contribution < 1.29 is 9.53 Å². The van der Waals surface area contributed by atoms with Gasteiger partial charge in [0.1, 0.15) is 11.6 Å². The lowest BCUT2D eigenvalue weighted by molar-refractivity contribution is -0.117. The first-order chi connectivity index (χ1) is 14.6. The van der Waals surface area contributed by atoms with Gasteiger partial charge < -0.3 is 10.5 Å². The van der Waals surface area contributed by atoms with E-state index in [-0.39, 0.29) is 18.3 Å². The number of unbranched alkanes of at least 4 members (excludes halogenated alkanes) is 1. The van der Waals surface area contributed by atoms with Gasteiger partial charge in [0.05, 0.1) is 19.6 Å². The average molecular weight is 410 g/mol. The molecule has 160 valence electrons. The number of carbonyl (C=O) groups is 1. The minimum atomic E-state index is -0.00546. The van der Waals surface area contributed by atoms with Crippen LogP contribution in [0.25, 0.3) is 0 Å². The molecule has 2 N–H and O–H groups in total. The molecule has 1 aromatic carbocycles. The van der Waals surface area contributed by atoms with Crippen LogP contribution < -0.4 is 15.4 Å². The Morgan fingerprint density at radius 3 is 2.43 bits per heavy atom. The van der Waals surface area contributed by atoms with Gasteiger partial charge in [-0.25, -0.2) is 0 Å². The van der Waals surface area contributed by atoms with Crippen LogP contribution in [0.4, 0.5) is 11.6 Å². The van der Waals surface area contributed by atoms with E-state index in [4.69, 9.17) is 10.5 Å². The zero-order valence-corrected chi connectivity index (χ0v) is 17.8. The maximum Gasteiger partial charge on any atom is 0.320 e. The van der Waals surface area contributed by atoms with E-state index in [2.05, 4.69) is 46.1 Å². The van der Waals surface area contributed by atoms with Crippen molar-refractivity contribution in [2.24, 2.45) is 0 Å². The summed E-state index contributed by atoms with van der Waals surface area (Å²) in [4.78, 5) is 25.6. The van der Waals surface area contributed by atoms with E-state index in [1.165, 1.54) is 37.9 Å². The van der Waals surface area contributed by atoms with E-state index >= 15 is 0 Å². The molecule has 1 saturated heterocycles. The standard InChI is InChI=1S/C23H31N5O2/c1-2-3-13-30-23-25-21(24)19-14-20(29)28(22(19)26-23)16-18-9-7-17(8-10-18)15-27-11-5-4-6-12-27/h7-10H,2-6,11-16H2,1H3,(H2,24,25,26). The number of nitrogen functional groups attached to an aromatic ring is 1. The van der Waals surface area contributed by atoms with Gasteiger partial charge >= 0.3 is 6.01 Å².